The molecule has 0 saturated heterocycles. The molecule has 11 nitrogen and oxygen atoms in total. The van der Waals surface area contributed by atoms with Crippen molar-refractivity contribution in [1.82, 2.24) is 30.3 Å². The first-order valence-corrected chi connectivity index (χ1v) is 15.6. The smallest absolute Gasteiger partial charge is 0.270 e. The summed E-state index contributed by atoms with van der Waals surface area (Å²) in [4.78, 5) is 31.0. The van der Waals surface area contributed by atoms with Crippen LogP contribution in [0.1, 0.15) is 54.0 Å². The van der Waals surface area contributed by atoms with Crippen LogP contribution in [0.3, 0.4) is 0 Å². The summed E-state index contributed by atoms with van der Waals surface area (Å²) in [6, 6.07) is 3.81. The third-order valence-corrected chi connectivity index (χ3v) is 8.65. The number of sulfone groups is 1. The monoisotopic (exact) mass is 571 g/mol. The van der Waals surface area contributed by atoms with Gasteiger partial charge in [0.05, 0.1) is 11.4 Å². The van der Waals surface area contributed by atoms with E-state index < -0.39 is 33.6 Å². The van der Waals surface area contributed by atoms with Gasteiger partial charge < -0.3 is 10.6 Å². The van der Waals surface area contributed by atoms with Gasteiger partial charge in [0.2, 0.25) is 11.9 Å². The molecule has 2 saturated carbocycles. The van der Waals surface area contributed by atoms with E-state index in [1.165, 1.54) is 10.9 Å². The van der Waals surface area contributed by atoms with Crippen LogP contribution < -0.4 is 10.6 Å². The van der Waals surface area contributed by atoms with Crippen LogP contribution in [0.25, 0.3) is 11.1 Å². The fraction of sp³-hybridized carbons (Fsp3) is 0.519. The third kappa shape index (κ3) is 6.40. The average Bonchev–Trinajstić information content (AvgIpc) is 3.81. The number of rotatable bonds is 12. The van der Waals surface area contributed by atoms with Crippen molar-refractivity contribution in [3.63, 3.8) is 0 Å². The number of halogens is 1. The zero-order valence-electron chi connectivity index (χ0n) is 22.8. The number of carbonyl (C=O) groups excluding carboxylic acids is 2. The number of nitrogens with one attached hydrogen (secondary N) is 3. The quantitative estimate of drug-likeness (QED) is 0.283. The second kappa shape index (κ2) is 11.1. The van der Waals surface area contributed by atoms with Gasteiger partial charge in [-0.05, 0) is 81.9 Å². The van der Waals surface area contributed by atoms with Gasteiger partial charge >= 0.3 is 0 Å². The molecule has 3 aromatic heterocycles. The summed E-state index contributed by atoms with van der Waals surface area (Å²) in [6.07, 6.45) is 6.93. The molecule has 0 radical (unpaired) electrons. The lowest BCUT2D eigenvalue weighted by molar-refractivity contribution is -0.119. The minimum atomic E-state index is -3.14. The van der Waals surface area contributed by atoms with Crippen molar-refractivity contribution in [3.8, 4) is 11.1 Å². The van der Waals surface area contributed by atoms with Gasteiger partial charge in [0.1, 0.15) is 27.4 Å². The Labute approximate surface area is 232 Å². The van der Waals surface area contributed by atoms with Crippen LogP contribution in [0.15, 0.2) is 24.4 Å². The number of aromatic nitrogens is 5. The number of hydrogen-bond donors (Lipinski definition) is 3. The molecule has 5 rings (SSSR count). The van der Waals surface area contributed by atoms with Gasteiger partial charge in [-0.1, -0.05) is 0 Å². The summed E-state index contributed by atoms with van der Waals surface area (Å²) < 4.78 is 39.5. The molecule has 0 aliphatic heterocycles. The van der Waals surface area contributed by atoms with Crippen LogP contribution in [0.5, 0.6) is 0 Å². The number of aryl methyl sites for hydroxylation is 3. The lowest BCUT2D eigenvalue weighted by Gasteiger charge is -2.27. The number of hydrogen-bond acceptors (Lipinski definition) is 7. The molecular weight excluding hydrogens is 537 g/mol. The summed E-state index contributed by atoms with van der Waals surface area (Å²) in [5.41, 5.74) is 2.51. The predicted molar refractivity (Wildman–Crippen MR) is 147 cm³/mol. The van der Waals surface area contributed by atoms with E-state index in [9.17, 15) is 18.0 Å². The minimum Gasteiger partial charge on any atom is -0.339 e. The largest absolute Gasteiger partial charge is 0.339 e. The Kier molecular flexibility index (Phi) is 7.76. The molecule has 1 atom stereocenters. The Morgan fingerprint density at radius 2 is 1.85 bits per heavy atom. The number of aromatic amines is 1. The maximum absolute atomic E-state index is 15.1. The number of anilines is 1. The summed E-state index contributed by atoms with van der Waals surface area (Å²) in [6.45, 7) is 3.82. The number of pyridine rings is 1. The highest BCUT2D eigenvalue weighted by molar-refractivity contribution is 7.90. The van der Waals surface area contributed by atoms with E-state index in [1.54, 1.807) is 32.0 Å². The van der Waals surface area contributed by atoms with Gasteiger partial charge in [-0.15, -0.1) is 0 Å². The van der Waals surface area contributed by atoms with Gasteiger partial charge in [-0.25, -0.2) is 13.4 Å². The second-order valence-electron chi connectivity index (χ2n) is 11.0. The van der Waals surface area contributed by atoms with Gasteiger partial charge in [0.25, 0.3) is 5.91 Å². The SMILES string of the molecule is Cc1n[nH]c(C)c1-c1ccc(NC(=O)[C@@H](NC(=O)c2ccnn2CCCS(C)(=O)=O)C(C2CC2)C2CC2)nc1F. The summed E-state index contributed by atoms with van der Waals surface area (Å²) in [5, 5.41) is 16.8. The molecule has 2 aliphatic rings. The first-order valence-electron chi connectivity index (χ1n) is 13.5. The Balaban J connectivity index is 1.34. The Bertz CT molecular complexity index is 1490. The predicted octanol–water partition coefficient (Wildman–Crippen LogP) is 3.03. The molecule has 40 heavy (non-hydrogen) atoms. The maximum atomic E-state index is 15.1. The van der Waals surface area contributed by atoms with E-state index >= 15 is 4.39 Å². The first kappa shape index (κ1) is 27.9. The van der Waals surface area contributed by atoms with Crippen molar-refractivity contribution in [2.75, 3.05) is 17.3 Å². The normalized spacial score (nSPS) is 16.2. The van der Waals surface area contributed by atoms with E-state index in [-0.39, 0.29) is 35.3 Å². The van der Waals surface area contributed by atoms with E-state index in [2.05, 4.69) is 30.9 Å². The van der Waals surface area contributed by atoms with Crippen LogP contribution in [0, 0.1) is 37.5 Å². The van der Waals surface area contributed by atoms with Crippen LogP contribution in [0.4, 0.5) is 10.2 Å². The van der Waals surface area contributed by atoms with Crippen molar-refractivity contribution in [3.05, 3.63) is 47.4 Å². The lowest BCUT2D eigenvalue weighted by atomic mass is 9.88. The summed E-state index contributed by atoms with van der Waals surface area (Å²) in [5.74, 6) is -0.979. The van der Waals surface area contributed by atoms with Gasteiger partial charge in [0, 0.05) is 35.8 Å². The molecular formula is C27H34FN7O4S. The van der Waals surface area contributed by atoms with Crippen molar-refractivity contribution in [1.29, 1.82) is 0 Å². The summed E-state index contributed by atoms with van der Waals surface area (Å²) in [7, 11) is -3.14. The molecule has 2 fully saturated rings. The lowest BCUT2D eigenvalue weighted by Crippen LogP contribution is -2.50. The van der Waals surface area contributed by atoms with Crippen molar-refractivity contribution in [2.24, 2.45) is 17.8 Å². The minimum absolute atomic E-state index is 0.0214. The van der Waals surface area contributed by atoms with Crippen LogP contribution in [-0.4, -0.2) is 63.2 Å². The zero-order valence-corrected chi connectivity index (χ0v) is 23.6. The molecule has 2 amide bonds. The fourth-order valence-corrected chi connectivity index (χ4v) is 6.12. The number of amides is 2. The highest BCUT2D eigenvalue weighted by Gasteiger charge is 2.48. The van der Waals surface area contributed by atoms with Gasteiger partial charge in [-0.2, -0.15) is 14.6 Å². The maximum Gasteiger partial charge on any atom is 0.270 e. The number of carbonyl (C=O) groups is 2. The zero-order chi connectivity index (χ0) is 28.6. The molecule has 13 heteroatoms. The average molecular weight is 572 g/mol. The molecule has 0 bridgehead atoms. The topological polar surface area (TPSA) is 152 Å². The molecule has 214 valence electrons. The molecule has 0 aromatic carbocycles. The Morgan fingerprint density at radius 3 is 2.42 bits per heavy atom. The van der Waals surface area contributed by atoms with Gasteiger partial charge in [0.15, 0.2) is 0 Å². The first-order chi connectivity index (χ1) is 19.0. The van der Waals surface area contributed by atoms with E-state index in [1.807, 2.05) is 0 Å². The molecule has 3 heterocycles. The highest BCUT2D eigenvalue weighted by Crippen LogP contribution is 2.51. The van der Waals surface area contributed by atoms with Crippen molar-refractivity contribution in [2.45, 2.75) is 58.5 Å². The summed E-state index contributed by atoms with van der Waals surface area (Å²) >= 11 is 0. The van der Waals surface area contributed by atoms with E-state index in [0.717, 1.165) is 31.9 Å². The molecule has 3 N–H and O–H groups in total. The van der Waals surface area contributed by atoms with Crippen LogP contribution in [-0.2, 0) is 21.2 Å². The van der Waals surface area contributed by atoms with E-state index in [0.29, 0.717) is 35.2 Å². The highest BCUT2D eigenvalue weighted by atomic mass is 32.2. The number of H-pyrrole nitrogens is 1. The third-order valence-electron chi connectivity index (χ3n) is 7.62. The second-order valence-corrected chi connectivity index (χ2v) is 13.2. The standard InChI is InChI=1S/C27H34FN7O4S/c1-15-22(16(2)34-33-15)19-9-10-21(30-25(19)28)31-27(37)24(23(17-5-6-17)18-7-8-18)32-26(36)20-11-12-29-35(20)13-4-14-40(3,38)39/h9-12,17-18,23-24H,4-8,13-14H2,1-3H3,(H,32,36)(H,33,34)(H,30,31,37)/t24-/m0/s1. The molecule has 3 aromatic rings. The molecule has 0 unspecified atom stereocenters. The van der Waals surface area contributed by atoms with E-state index in [4.69, 9.17) is 0 Å². The Morgan fingerprint density at radius 1 is 1.15 bits per heavy atom. The molecule has 0 spiro atoms. The number of nitrogens with zero attached hydrogens (tertiary/aromatic N) is 4. The Hall–Kier alpha value is -3.61. The van der Waals surface area contributed by atoms with Gasteiger partial charge in [-0.3, -0.25) is 19.4 Å². The fourth-order valence-electron chi connectivity index (χ4n) is 5.47. The van der Waals surface area contributed by atoms with Crippen molar-refractivity contribution < 1.29 is 22.4 Å². The van der Waals surface area contributed by atoms with Crippen molar-refractivity contribution >= 4 is 27.5 Å². The van der Waals surface area contributed by atoms with Crippen LogP contribution >= 0.6 is 0 Å². The molecule has 2 aliphatic carbocycles. The van der Waals surface area contributed by atoms with Crippen LogP contribution in [0.2, 0.25) is 0 Å².